The highest BCUT2D eigenvalue weighted by Gasteiger charge is 2.37. The topological polar surface area (TPSA) is 48.4 Å². The Balaban J connectivity index is 3.56. The highest BCUT2D eigenvalue weighted by atomic mass is 79.9. The largest absolute Gasteiger partial charge is 0.573 e. The van der Waals surface area contributed by atoms with Gasteiger partial charge in [0.25, 0.3) is 6.43 Å². The molecule has 0 spiro atoms. The van der Waals surface area contributed by atoms with Crippen molar-refractivity contribution in [1.82, 2.24) is 4.98 Å². The fourth-order valence-electron chi connectivity index (χ4n) is 1.34. The zero-order valence-corrected chi connectivity index (χ0v) is 11.4. The van der Waals surface area contributed by atoms with Crippen LogP contribution in [0.15, 0.2) is 6.20 Å². The summed E-state index contributed by atoms with van der Waals surface area (Å²) in [4.78, 5) is 15.0. The molecule has 0 unspecified atom stereocenters. The molecule has 1 rings (SSSR count). The van der Waals surface area contributed by atoms with Crippen LogP contribution in [0.5, 0.6) is 5.75 Å². The fourth-order valence-corrected chi connectivity index (χ4v) is 1.77. The Morgan fingerprint density at radius 3 is 2.45 bits per heavy atom. The molecule has 0 fully saturated rings. The Morgan fingerprint density at radius 2 is 2.05 bits per heavy atom. The lowest BCUT2D eigenvalue weighted by atomic mass is 10.1. The molecule has 0 amide bonds. The first kappa shape index (κ1) is 16.6. The van der Waals surface area contributed by atoms with Crippen molar-refractivity contribution in [2.75, 3.05) is 7.11 Å². The first-order valence-electron chi connectivity index (χ1n) is 4.91. The standard InChI is InChI=1S/C10H7BrF5NO3/c1-19-9(18)6-5(2-11)17-3-4(8(12)13)7(6)20-10(14,15)16/h3,8H,2H2,1H3. The molecule has 4 nitrogen and oxygen atoms in total. The summed E-state index contributed by atoms with van der Waals surface area (Å²) in [5.74, 6) is -2.56. The number of esters is 1. The summed E-state index contributed by atoms with van der Waals surface area (Å²) in [5.41, 5.74) is -2.15. The molecule has 0 saturated carbocycles. The van der Waals surface area contributed by atoms with Crippen LogP contribution in [0.2, 0.25) is 0 Å². The Kier molecular flexibility index (Phi) is 5.26. The molecule has 20 heavy (non-hydrogen) atoms. The first-order valence-corrected chi connectivity index (χ1v) is 6.03. The third kappa shape index (κ3) is 3.78. The van der Waals surface area contributed by atoms with Gasteiger partial charge in [0.15, 0.2) is 5.75 Å². The lowest BCUT2D eigenvalue weighted by Crippen LogP contribution is -2.22. The second kappa shape index (κ2) is 6.33. The Morgan fingerprint density at radius 1 is 1.45 bits per heavy atom. The number of aromatic nitrogens is 1. The molecule has 0 aliphatic carbocycles. The molecule has 0 bridgehead atoms. The fraction of sp³-hybridized carbons (Fsp3) is 0.400. The number of carbonyl (C=O) groups excluding carboxylic acids is 1. The van der Waals surface area contributed by atoms with E-state index in [2.05, 4.69) is 30.4 Å². The smallest absolute Gasteiger partial charge is 0.465 e. The number of hydrogen-bond donors (Lipinski definition) is 0. The maximum absolute atomic E-state index is 12.7. The number of halogens is 6. The molecular weight excluding hydrogens is 357 g/mol. The van der Waals surface area contributed by atoms with Crippen molar-refractivity contribution < 1.29 is 36.2 Å². The maximum Gasteiger partial charge on any atom is 0.573 e. The van der Waals surface area contributed by atoms with Crippen LogP contribution in [0.4, 0.5) is 22.0 Å². The van der Waals surface area contributed by atoms with Crippen LogP contribution >= 0.6 is 15.9 Å². The third-order valence-corrected chi connectivity index (χ3v) is 2.64. The molecule has 112 valence electrons. The van der Waals surface area contributed by atoms with Gasteiger partial charge in [-0.15, -0.1) is 13.2 Å². The van der Waals surface area contributed by atoms with E-state index >= 15 is 0 Å². The number of methoxy groups -OCH3 is 1. The Labute approximate surface area is 118 Å². The molecule has 1 aromatic heterocycles. The Bertz CT molecular complexity index is 506. The van der Waals surface area contributed by atoms with E-state index in [-0.39, 0.29) is 11.0 Å². The van der Waals surface area contributed by atoms with E-state index in [1.807, 2.05) is 0 Å². The highest BCUT2D eigenvalue weighted by molar-refractivity contribution is 9.08. The van der Waals surface area contributed by atoms with Crippen molar-refractivity contribution in [2.24, 2.45) is 0 Å². The average Bonchev–Trinajstić information content (AvgIpc) is 2.34. The van der Waals surface area contributed by atoms with Gasteiger partial charge in [-0.2, -0.15) is 0 Å². The average molecular weight is 364 g/mol. The minimum Gasteiger partial charge on any atom is -0.465 e. The summed E-state index contributed by atoms with van der Waals surface area (Å²) in [6.07, 6.45) is -8.01. The van der Waals surface area contributed by atoms with E-state index in [0.717, 1.165) is 7.11 Å². The van der Waals surface area contributed by atoms with Crippen molar-refractivity contribution in [2.45, 2.75) is 18.1 Å². The summed E-state index contributed by atoms with van der Waals surface area (Å²) in [6, 6.07) is 0. The molecule has 0 aromatic carbocycles. The van der Waals surface area contributed by atoms with Gasteiger partial charge in [-0.25, -0.2) is 13.6 Å². The van der Waals surface area contributed by atoms with Crippen LogP contribution < -0.4 is 4.74 Å². The molecule has 0 radical (unpaired) electrons. The molecule has 0 N–H and O–H groups in total. The van der Waals surface area contributed by atoms with Gasteiger partial charge in [0.2, 0.25) is 0 Å². The normalized spacial score (nSPS) is 11.6. The predicted molar refractivity (Wildman–Crippen MR) is 59.8 cm³/mol. The van der Waals surface area contributed by atoms with Gasteiger partial charge in [-0.3, -0.25) is 4.98 Å². The van der Waals surface area contributed by atoms with Gasteiger partial charge >= 0.3 is 12.3 Å². The molecule has 10 heteroatoms. The van der Waals surface area contributed by atoms with E-state index in [4.69, 9.17) is 0 Å². The van der Waals surface area contributed by atoms with Crippen molar-refractivity contribution >= 4 is 21.9 Å². The van der Waals surface area contributed by atoms with Gasteiger partial charge in [-0.05, 0) is 0 Å². The maximum atomic E-state index is 12.7. The summed E-state index contributed by atoms with van der Waals surface area (Å²) in [6.45, 7) is 0. The van der Waals surface area contributed by atoms with E-state index in [0.29, 0.717) is 6.20 Å². The number of hydrogen-bond acceptors (Lipinski definition) is 4. The molecule has 1 heterocycles. The monoisotopic (exact) mass is 363 g/mol. The molecule has 1 aromatic rings. The molecule has 0 atom stereocenters. The molecule has 0 saturated heterocycles. The quantitative estimate of drug-likeness (QED) is 0.466. The zero-order valence-electron chi connectivity index (χ0n) is 9.80. The van der Waals surface area contributed by atoms with Gasteiger partial charge < -0.3 is 9.47 Å². The summed E-state index contributed by atoms with van der Waals surface area (Å²) in [5, 5.41) is -0.144. The van der Waals surface area contributed by atoms with Crippen molar-refractivity contribution in [3.63, 3.8) is 0 Å². The number of nitrogens with zero attached hydrogens (tertiary/aromatic N) is 1. The summed E-state index contributed by atoms with van der Waals surface area (Å²) < 4.78 is 70.2. The second-order valence-electron chi connectivity index (χ2n) is 3.34. The van der Waals surface area contributed by atoms with Crippen LogP contribution in [0, 0.1) is 0 Å². The van der Waals surface area contributed by atoms with Gasteiger partial charge in [-0.1, -0.05) is 15.9 Å². The van der Waals surface area contributed by atoms with Crippen molar-refractivity contribution in [3.8, 4) is 5.75 Å². The van der Waals surface area contributed by atoms with Crippen molar-refractivity contribution in [1.29, 1.82) is 0 Å². The van der Waals surface area contributed by atoms with E-state index in [1.165, 1.54) is 0 Å². The lowest BCUT2D eigenvalue weighted by Gasteiger charge is -2.17. The van der Waals surface area contributed by atoms with Gasteiger partial charge in [0.1, 0.15) is 5.56 Å². The van der Waals surface area contributed by atoms with Crippen LogP contribution in [0.3, 0.4) is 0 Å². The SMILES string of the molecule is COC(=O)c1c(CBr)ncc(C(F)F)c1OC(F)(F)F. The zero-order chi connectivity index (χ0) is 15.5. The molecular formula is C10H7BrF5NO3. The number of alkyl halides is 6. The lowest BCUT2D eigenvalue weighted by molar-refractivity contribution is -0.275. The molecule has 0 aliphatic heterocycles. The number of rotatable bonds is 4. The van der Waals surface area contributed by atoms with E-state index in [9.17, 15) is 26.7 Å². The van der Waals surface area contributed by atoms with Crippen molar-refractivity contribution in [3.05, 3.63) is 23.0 Å². The number of pyridine rings is 1. The van der Waals surface area contributed by atoms with Crippen LogP contribution in [-0.2, 0) is 10.1 Å². The van der Waals surface area contributed by atoms with Crippen LogP contribution in [0.25, 0.3) is 0 Å². The highest BCUT2D eigenvalue weighted by Crippen LogP contribution is 2.37. The van der Waals surface area contributed by atoms with Gasteiger partial charge in [0, 0.05) is 11.5 Å². The third-order valence-electron chi connectivity index (χ3n) is 2.11. The first-order chi connectivity index (χ1) is 9.21. The van der Waals surface area contributed by atoms with Crippen LogP contribution in [0.1, 0.15) is 28.0 Å². The predicted octanol–water partition coefficient (Wildman–Crippen LogP) is 3.60. The number of carbonyl (C=O) groups is 1. The number of ether oxygens (including phenoxy) is 2. The minimum atomic E-state index is -5.24. The van der Waals surface area contributed by atoms with E-state index in [1.54, 1.807) is 0 Å². The second-order valence-corrected chi connectivity index (χ2v) is 3.90. The van der Waals surface area contributed by atoms with Crippen LogP contribution in [-0.4, -0.2) is 24.4 Å². The molecule has 0 aliphatic rings. The van der Waals surface area contributed by atoms with Gasteiger partial charge in [0.05, 0.1) is 18.4 Å². The summed E-state index contributed by atoms with van der Waals surface area (Å²) in [7, 11) is 0.896. The minimum absolute atomic E-state index is 0.144. The Hall–Kier alpha value is -1.45. The van der Waals surface area contributed by atoms with E-state index < -0.39 is 35.6 Å². The summed E-state index contributed by atoms with van der Waals surface area (Å²) >= 11 is 2.89.